The number of carbonyl (C=O) groups is 2. The summed E-state index contributed by atoms with van der Waals surface area (Å²) < 4.78 is 0. The zero-order valence-corrected chi connectivity index (χ0v) is 11.7. The minimum absolute atomic E-state index is 0.0624. The van der Waals surface area contributed by atoms with Crippen molar-refractivity contribution < 1.29 is 14.7 Å². The number of aliphatic carboxylic acids is 1. The summed E-state index contributed by atoms with van der Waals surface area (Å²) in [6, 6.07) is 0.227. The lowest BCUT2D eigenvalue weighted by atomic mass is 9.78. The van der Waals surface area contributed by atoms with Gasteiger partial charge in [-0.2, -0.15) is 0 Å². The van der Waals surface area contributed by atoms with Crippen LogP contribution in [0.5, 0.6) is 0 Å². The molecule has 0 unspecified atom stereocenters. The van der Waals surface area contributed by atoms with Crippen LogP contribution in [-0.2, 0) is 9.59 Å². The van der Waals surface area contributed by atoms with Crippen molar-refractivity contribution in [1.82, 2.24) is 5.32 Å². The van der Waals surface area contributed by atoms with Crippen LogP contribution in [0, 0.1) is 17.8 Å². The van der Waals surface area contributed by atoms with Crippen LogP contribution in [0.4, 0.5) is 0 Å². The maximum Gasteiger partial charge on any atom is 0.223 e. The van der Waals surface area contributed by atoms with E-state index in [9.17, 15) is 14.7 Å². The largest absolute Gasteiger partial charge is 0.550 e. The summed E-state index contributed by atoms with van der Waals surface area (Å²) in [7, 11) is 0. The predicted molar refractivity (Wildman–Crippen MR) is 70.0 cm³/mol. The molecule has 4 heteroatoms. The fourth-order valence-electron chi connectivity index (χ4n) is 3.55. The molecule has 0 aliphatic heterocycles. The topological polar surface area (TPSA) is 69.2 Å². The lowest BCUT2D eigenvalue weighted by Crippen LogP contribution is -2.49. The standard InChI is InChI=1S/C15H25NO3/c1-10-6-2-5-9-13(10)16-14(17)11-7-3-4-8-12(11)15(18)19/h10-13H,2-9H2,1H3,(H,16,17)(H,18,19)/p-1/t10-,11+,12-,13+/m0/s1. The molecule has 4 nitrogen and oxygen atoms in total. The third kappa shape index (κ3) is 3.48. The highest BCUT2D eigenvalue weighted by atomic mass is 16.4. The van der Waals surface area contributed by atoms with Gasteiger partial charge in [0, 0.05) is 23.8 Å². The Labute approximate surface area is 115 Å². The van der Waals surface area contributed by atoms with E-state index in [1.807, 2.05) is 0 Å². The van der Waals surface area contributed by atoms with E-state index >= 15 is 0 Å². The van der Waals surface area contributed by atoms with Crippen LogP contribution < -0.4 is 10.4 Å². The smallest absolute Gasteiger partial charge is 0.223 e. The molecule has 1 amide bonds. The van der Waals surface area contributed by atoms with Crippen LogP contribution in [0.2, 0.25) is 0 Å². The van der Waals surface area contributed by atoms with E-state index in [0.29, 0.717) is 18.8 Å². The highest BCUT2D eigenvalue weighted by Gasteiger charge is 2.33. The van der Waals surface area contributed by atoms with Crippen LogP contribution in [0.1, 0.15) is 58.3 Å². The molecule has 0 aromatic carbocycles. The molecule has 4 atom stereocenters. The zero-order chi connectivity index (χ0) is 13.8. The van der Waals surface area contributed by atoms with Crippen molar-refractivity contribution in [3.63, 3.8) is 0 Å². The van der Waals surface area contributed by atoms with Gasteiger partial charge in [-0.15, -0.1) is 0 Å². The van der Waals surface area contributed by atoms with Crippen LogP contribution in [0.15, 0.2) is 0 Å². The van der Waals surface area contributed by atoms with Crippen LogP contribution >= 0.6 is 0 Å². The number of carboxylic acids is 1. The molecule has 1 N–H and O–H groups in total. The monoisotopic (exact) mass is 266 g/mol. The summed E-state index contributed by atoms with van der Waals surface area (Å²) >= 11 is 0. The lowest BCUT2D eigenvalue weighted by molar-refractivity contribution is -0.314. The number of carbonyl (C=O) groups excluding carboxylic acids is 2. The maximum absolute atomic E-state index is 12.3. The Kier molecular flexibility index (Phi) is 4.83. The van der Waals surface area contributed by atoms with Gasteiger partial charge in [0.1, 0.15) is 0 Å². The van der Waals surface area contributed by atoms with Crippen molar-refractivity contribution in [2.45, 2.75) is 64.3 Å². The zero-order valence-electron chi connectivity index (χ0n) is 11.7. The summed E-state index contributed by atoms with van der Waals surface area (Å²) in [5, 5.41) is 14.2. The average molecular weight is 266 g/mol. The average Bonchev–Trinajstić information content (AvgIpc) is 2.41. The van der Waals surface area contributed by atoms with E-state index in [4.69, 9.17) is 0 Å². The molecule has 108 valence electrons. The summed E-state index contributed by atoms with van der Waals surface area (Å²) in [5.74, 6) is -1.59. The van der Waals surface area contributed by atoms with Crippen molar-refractivity contribution in [2.24, 2.45) is 17.8 Å². The van der Waals surface area contributed by atoms with E-state index < -0.39 is 11.9 Å². The maximum atomic E-state index is 12.3. The van der Waals surface area contributed by atoms with Gasteiger partial charge in [0.25, 0.3) is 0 Å². The van der Waals surface area contributed by atoms with Crippen LogP contribution in [0.3, 0.4) is 0 Å². The molecule has 0 saturated heterocycles. The Morgan fingerprint density at radius 2 is 1.53 bits per heavy atom. The SMILES string of the molecule is C[C@H]1CCCC[C@H]1NC(=O)[C@@H]1CCCC[C@@H]1C(=O)[O-]. The van der Waals surface area contributed by atoms with Gasteiger partial charge in [-0.05, 0) is 31.6 Å². The number of carboxylic acid groups (broad SMARTS) is 1. The molecule has 0 aromatic heterocycles. The fraction of sp³-hybridized carbons (Fsp3) is 0.867. The summed E-state index contributed by atoms with van der Waals surface area (Å²) in [6.45, 7) is 2.17. The molecule has 2 aliphatic carbocycles. The lowest BCUT2D eigenvalue weighted by Gasteiger charge is -2.35. The summed E-state index contributed by atoms with van der Waals surface area (Å²) in [4.78, 5) is 23.5. The van der Waals surface area contributed by atoms with Gasteiger partial charge in [0.2, 0.25) is 5.91 Å². The number of rotatable bonds is 3. The van der Waals surface area contributed by atoms with Gasteiger partial charge in [-0.1, -0.05) is 32.6 Å². The first-order chi connectivity index (χ1) is 9.09. The molecule has 0 aromatic rings. The number of hydrogen-bond donors (Lipinski definition) is 1. The van der Waals surface area contributed by atoms with Gasteiger partial charge < -0.3 is 15.2 Å². The first-order valence-electron chi connectivity index (χ1n) is 7.61. The Hall–Kier alpha value is -1.06. The van der Waals surface area contributed by atoms with Crippen molar-refractivity contribution in [2.75, 3.05) is 0 Å². The van der Waals surface area contributed by atoms with Gasteiger partial charge in [0.05, 0.1) is 0 Å². The molecule has 2 rings (SSSR count). The Morgan fingerprint density at radius 3 is 2.16 bits per heavy atom. The van der Waals surface area contributed by atoms with Gasteiger partial charge in [0.15, 0.2) is 0 Å². The molecular formula is C15H24NO3-. The second-order valence-corrected chi connectivity index (χ2v) is 6.19. The molecule has 0 radical (unpaired) electrons. The summed E-state index contributed by atoms with van der Waals surface area (Å²) in [6.07, 6.45) is 7.67. The Morgan fingerprint density at radius 1 is 0.947 bits per heavy atom. The van der Waals surface area contributed by atoms with E-state index in [-0.39, 0.29) is 17.9 Å². The number of nitrogens with one attached hydrogen (secondary N) is 1. The third-order valence-electron chi connectivity index (χ3n) is 4.84. The number of hydrogen-bond acceptors (Lipinski definition) is 3. The van der Waals surface area contributed by atoms with Crippen LogP contribution in [-0.4, -0.2) is 17.9 Å². The predicted octanol–water partition coefficient (Wildman–Crippen LogP) is 1.24. The minimum atomic E-state index is -1.06. The Bertz CT molecular complexity index is 342. The molecule has 2 fully saturated rings. The second-order valence-electron chi connectivity index (χ2n) is 6.19. The third-order valence-corrected chi connectivity index (χ3v) is 4.84. The molecule has 0 bridgehead atoms. The molecule has 0 heterocycles. The highest BCUT2D eigenvalue weighted by molar-refractivity contribution is 5.84. The quantitative estimate of drug-likeness (QED) is 0.835. The summed E-state index contributed by atoms with van der Waals surface area (Å²) in [5.41, 5.74) is 0. The highest BCUT2D eigenvalue weighted by Crippen LogP contribution is 2.31. The molecular weight excluding hydrogens is 242 g/mol. The second kappa shape index (κ2) is 6.40. The van der Waals surface area contributed by atoms with E-state index in [0.717, 1.165) is 32.1 Å². The van der Waals surface area contributed by atoms with Crippen molar-refractivity contribution in [3.05, 3.63) is 0 Å². The molecule has 0 spiro atoms. The molecule has 19 heavy (non-hydrogen) atoms. The van der Waals surface area contributed by atoms with Gasteiger partial charge in [-0.25, -0.2) is 0 Å². The van der Waals surface area contributed by atoms with E-state index in [2.05, 4.69) is 12.2 Å². The van der Waals surface area contributed by atoms with Crippen molar-refractivity contribution in [1.29, 1.82) is 0 Å². The van der Waals surface area contributed by atoms with Crippen molar-refractivity contribution >= 4 is 11.9 Å². The fourth-order valence-corrected chi connectivity index (χ4v) is 3.55. The van der Waals surface area contributed by atoms with Crippen LogP contribution in [0.25, 0.3) is 0 Å². The minimum Gasteiger partial charge on any atom is -0.550 e. The normalized spacial score (nSPS) is 35.6. The Balaban J connectivity index is 1.95. The van der Waals surface area contributed by atoms with Gasteiger partial charge in [-0.3, -0.25) is 4.79 Å². The first-order valence-corrected chi connectivity index (χ1v) is 7.61. The van der Waals surface area contributed by atoms with E-state index in [1.54, 1.807) is 0 Å². The van der Waals surface area contributed by atoms with E-state index in [1.165, 1.54) is 6.42 Å². The molecule has 2 aliphatic rings. The van der Waals surface area contributed by atoms with Gasteiger partial charge >= 0.3 is 0 Å². The molecule has 2 saturated carbocycles. The number of amides is 1. The van der Waals surface area contributed by atoms with Crippen molar-refractivity contribution in [3.8, 4) is 0 Å². The first kappa shape index (κ1) is 14.4.